The van der Waals surface area contributed by atoms with Crippen LogP contribution in [0.2, 0.25) is 0 Å². The van der Waals surface area contributed by atoms with E-state index in [0.717, 1.165) is 5.56 Å². The van der Waals surface area contributed by atoms with Crippen molar-refractivity contribution in [2.45, 2.75) is 18.8 Å². The van der Waals surface area contributed by atoms with Gasteiger partial charge < -0.3 is 10.4 Å². The minimum atomic E-state index is -0.820. The van der Waals surface area contributed by atoms with Gasteiger partial charge in [-0.25, -0.2) is 0 Å². The Morgan fingerprint density at radius 1 is 1.47 bits per heavy atom. The summed E-state index contributed by atoms with van der Waals surface area (Å²) in [6, 6.07) is 3.60. The molecule has 0 aromatic carbocycles. The molecule has 1 aromatic heterocycles. The minimum Gasteiger partial charge on any atom is -0.481 e. The first-order chi connectivity index (χ1) is 8.16. The molecule has 5 nitrogen and oxygen atoms in total. The Morgan fingerprint density at radius 3 is 2.82 bits per heavy atom. The predicted molar refractivity (Wildman–Crippen MR) is 60.3 cm³/mol. The number of amides is 1. The van der Waals surface area contributed by atoms with Gasteiger partial charge in [0, 0.05) is 25.4 Å². The van der Waals surface area contributed by atoms with E-state index in [1.54, 1.807) is 24.5 Å². The highest BCUT2D eigenvalue weighted by Gasteiger charge is 2.30. The molecule has 90 valence electrons. The maximum atomic E-state index is 11.7. The summed E-state index contributed by atoms with van der Waals surface area (Å²) >= 11 is 0. The van der Waals surface area contributed by atoms with Crippen LogP contribution in [0, 0.1) is 5.92 Å². The molecule has 0 bridgehead atoms. The zero-order valence-electron chi connectivity index (χ0n) is 9.30. The lowest BCUT2D eigenvalue weighted by Crippen LogP contribution is -2.41. The summed E-state index contributed by atoms with van der Waals surface area (Å²) in [6.07, 6.45) is 3.97. The number of nitrogens with zero attached hydrogens (tertiary/aromatic N) is 1. The molecule has 1 saturated heterocycles. The maximum Gasteiger partial charge on any atom is 0.303 e. The van der Waals surface area contributed by atoms with E-state index in [0.29, 0.717) is 13.0 Å². The van der Waals surface area contributed by atoms with Crippen LogP contribution in [0.15, 0.2) is 24.5 Å². The highest BCUT2D eigenvalue weighted by atomic mass is 16.4. The van der Waals surface area contributed by atoms with Crippen LogP contribution >= 0.6 is 0 Å². The van der Waals surface area contributed by atoms with Gasteiger partial charge in [-0.1, -0.05) is 0 Å². The fourth-order valence-electron chi connectivity index (χ4n) is 2.18. The van der Waals surface area contributed by atoms with Crippen molar-refractivity contribution >= 4 is 11.9 Å². The lowest BCUT2D eigenvalue weighted by Gasteiger charge is -2.28. The van der Waals surface area contributed by atoms with E-state index in [4.69, 9.17) is 5.11 Å². The first kappa shape index (κ1) is 11.6. The Morgan fingerprint density at radius 2 is 2.18 bits per heavy atom. The van der Waals surface area contributed by atoms with Crippen LogP contribution < -0.4 is 5.32 Å². The second kappa shape index (κ2) is 4.95. The Labute approximate surface area is 98.9 Å². The van der Waals surface area contributed by atoms with Crippen molar-refractivity contribution in [3.05, 3.63) is 30.1 Å². The molecule has 1 amide bonds. The van der Waals surface area contributed by atoms with E-state index in [1.165, 1.54) is 0 Å². The van der Waals surface area contributed by atoms with Crippen LogP contribution in [0.1, 0.15) is 24.3 Å². The summed E-state index contributed by atoms with van der Waals surface area (Å²) in [6.45, 7) is 0.451. The van der Waals surface area contributed by atoms with Gasteiger partial charge in [0.1, 0.15) is 0 Å². The number of rotatable bonds is 3. The third kappa shape index (κ3) is 2.81. The standard InChI is InChI=1S/C12H14N2O3/c15-11(16)6-8-5-10(12(17)14-7-8)9-1-3-13-4-2-9/h1-4,8,10H,5-7H2,(H,14,17)(H,15,16). The molecule has 0 aliphatic carbocycles. The second-order valence-electron chi connectivity index (χ2n) is 4.28. The van der Waals surface area contributed by atoms with Crippen LogP contribution in [0.3, 0.4) is 0 Å². The summed E-state index contributed by atoms with van der Waals surface area (Å²) in [5.41, 5.74) is 0.896. The van der Waals surface area contributed by atoms with Gasteiger partial charge in [-0.3, -0.25) is 14.6 Å². The van der Waals surface area contributed by atoms with Crippen LogP contribution in [-0.2, 0) is 9.59 Å². The summed E-state index contributed by atoms with van der Waals surface area (Å²) in [5, 5.41) is 11.5. The van der Waals surface area contributed by atoms with Gasteiger partial charge in [0.05, 0.1) is 5.92 Å². The molecule has 1 aliphatic heterocycles. The van der Waals surface area contributed by atoms with Gasteiger partial charge in [-0.2, -0.15) is 0 Å². The second-order valence-corrected chi connectivity index (χ2v) is 4.28. The Bertz CT molecular complexity index is 419. The molecule has 2 N–H and O–H groups in total. The van der Waals surface area contributed by atoms with Gasteiger partial charge in [0.15, 0.2) is 0 Å². The van der Waals surface area contributed by atoms with Crippen molar-refractivity contribution in [2.75, 3.05) is 6.54 Å². The fraction of sp³-hybridized carbons (Fsp3) is 0.417. The number of aromatic nitrogens is 1. The van der Waals surface area contributed by atoms with Crippen LogP contribution in [-0.4, -0.2) is 28.5 Å². The SMILES string of the molecule is O=C(O)CC1CNC(=O)C(c2ccncc2)C1. The van der Waals surface area contributed by atoms with E-state index in [2.05, 4.69) is 10.3 Å². The highest BCUT2D eigenvalue weighted by Crippen LogP contribution is 2.28. The quantitative estimate of drug-likeness (QED) is 0.809. The number of hydrogen-bond donors (Lipinski definition) is 2. The van der Waals surface area contributed by atoms with Crippen molar-refractivity contribution in [1.82, 2.24) is 10.3 Å². The number of carbonyl (C=O) groups excluding carboxylic acids is 1. The Kier molecular flexibility index (Phi) is 3.37. The van der Waals surface area contributed by atoms with Gasteiger partial charge in [-0.15, -0.1) is 0 Å². The number of carboxylic acid groups (broad SMARTS) is 1. The van der Waals surface area contributed by atoms with E-state index < -0.39 is 5.97 Å². The van der Waals surface area contributed by atoms with Crippen molar-refractivity contribution in [3.63, 3.8) is 0 Å². The lowest BCUT2D eigenvalue weighted by molar-refractivity contribution is -0.139. The van der Waals surface area contributed by atoms with Gasteiger partial charge >= 0.3 is 5.97 Å². The van der Waals surface area contributed by atoms with E-state index in [9.17, 15) is 9.59 Å². The van der Waals surface area contributed by atoms with Crippen molar-refractivity contribution < 1.29 is 14.7 Å². The number of pyridine rings is 1. The smallest absolute Gasteiger partial charge is 0.303 e. The van der Waals surface area contributed by atoms with E-state index in [-0.39, 0.29) is 24.2 Å². The molecule has 1 fully saturated rings. The molecule has 2 unspecified atom stereocenters. The molecule has 2 atom stereocenters. The highest BCUT2D eigenvalue weighted by molar-refractivity contribution is 5.84. The number of hydrogen-bond acceptors (Lipinski definition) is 3. The maximum absolute atomic E-state index is 11.7. The average Bonchev–Trinajstić information content (AvgIpc) is 2.32. The number of nitrogens with one attached hydrogen (secondary N) is 1. The van der Waals surface area contributed by atoms with Gasteiger partial charge in [0.25, 0.3) is 0 Å². The third-order valence-corrected chi connectivity index (χ3v) is 3.02. The Hall–Kier alpha value is -1.91. The molecule has 0 radical (unpaired) electrons. The molecule has 0 saturated carbocycles. The predicted octanol–water partition coefficient (Wildman–Crippen LogP) is 0.776. The number of aliphatic carboxylic acids is 1. The molecule has 17 heavy (non-hydrogen) atoms. The molecule has 2 rings (SSSR count). The fourth-order valence-corrected chi connectivity index (χ4v) is 2.18. The zero-order chi connectivity index (χ0) is 12.3. The monoisotopic (exact) mass is 234 g/mol. The molecular formula is C12H14N2O3. The van der Waals surface area contributed by atoms with Crippen LogP contribution in [0.5, 0.6) is 0 Å². The normalized spacial score (nSPS) is 24.1. The first-order valence-corrected chi connectivity index (χ1v) is 5.56. The molecule has 1 aromatic rings. The van der Waals surface area contributed by atoms with Crippen LogP contribution in [0.4, 0.5) is 0 Å². The topological polar surface area (TPSA) is 79.3 Å². The lowest BCUT2D eigenvalue weighted by atomic mass is 9.84. The third-order valence-electron chi connectivity index (χ3n) is 3.02. The zero-order valence-corrected chi connectivity index (χ0v) is 9.30. The van der Waals surface area contributed by atoms with Crippen molar-refractivity contribution in [1.29, 1.82) is 0 Å². The summed E-state index contributed by atoms with van der Waals surface area (Å²) in [5.74, 6) is -1.10. The summed E-state index contributed by atoms with van der Waals surface area (Å²) in [4.78, 5) is 26.3. The Balaban J connectivity index is 2.10. The molecule has 5 heteroatoms. The number of carbonyl (C=O) groups is 2. The summed E-state index contributed by atoms with van der Waals surface area (Å²) in [7, 11) is 0. The van der Waals surface area contributed by atoms with E-state index >= 15 is 0 Å². The first-order valence-electron chi connectivity index (χ1n) is 5.56. The molecule has 1 aliphatic rings. The van der Waals surface area contributed by atoms with Gasteiger partial charge in [-0.05, 0) is 30.0 Å². The molecule has 0 spiro atoms. The molecular weight excluding hydrogens is 220 g/mol. The van der Waals surface area contributed by atoms with Crippen molar-refractivity contribution in [2.24, 2.45) is 5.92 Å². The van der Waals surface area contributed by atoms with Gasteiger partial charge in [0.2, 0.25) is 5.91 Å². The minimum absolute atomic E-state index is 0.00312. The number of piperidine rings is 1. The van der Waals surface area contributed by atoms with Crippen LogP contribution in [0.25, 0.3) is 0 Å². The molecule has 2 heterocycles. The largest absolute Gasteiger partial charge is 0.481 e. The van der Waals surface area contributed by atoms with E-state index in [1.807, 2.05) is 0 Å². The number of carboxylic acids is 1. The van der Waals surface area contributed by atoms with Crippen molar-refractivity contribution in [3.8, 4) is 0 Å². The summed E-state index contributed by atoms with van der Waals surface area (Å²) < 4.78 is 0. The average molecular weight is 234 g/mol.